The van der Waals surface area contributed by atoms with E-state index in [0.717, 1.165) is 0 Å². The molecule has 166 valence electrons. The summed E-state index contributed by atoms with van der Waals surface area (Å²) in [5.41, 5.74) is -0.0733. The molecule has 4 N–H and O–H groups in total. The first kappa shape index (κ1) is 25.6. The number of ether oxygens (including phenoxy) is 1. The number of benzene rings is 1. The maximum atomic E-state index is 13.8. The lowest BCUT2D eigenvalue weighted by molar-refractivity contribution is -0.147. The number of carboxylic acids is 2. The number of aliphatic carboxylic acids is 2. The van der Waals surface area contributed by atoms with Gasteiger partial charge in [0.15, 0.2) is 0 Å². The van der Waals surface area contributed by atoms with E-state index in [0.29, 0.717) is 16.4 Å². The largest absolute Gasteiger partial charge is 0.481 e. The van der Waals surface area contributed by atoms with Crippen LogP contribution >= 0.6 is 22.6 Å². The predicted molar refractivity (Wildman–Crippen MR) is 113 cm³/mol. The number of unbranched alkanes of at least 4 members (excludes halogenated alkanes) is 1. The maximum absolute atomic E-state index is 13.8. The first-order chi connectivity index (χ1) is 14.1. The van der Waals surface area contributed by atoms with Gasteiger partial charge in [0.2, 0.25) is 6.10 Å². The van der Waals surface area contributed by atoms with Gasteiger partial charge in [0.1, 0.15) is 5.82 Å². The number of amides is 2. The van der Waals surface area contributed by atoms with Crippen LogP contribution in [-0.4, -0.2) is 52.8 Å². The highest BCUT2D eigenvalue weighted by molar-refractivity contribution is 14.1. The Hall–Kier alpha value is -2.44. The summed E-state index contributed by atoms with van der Waals surface area (Å²) >= 11 is 1.93. The normalized spacial score (nSPS) is 12.5. The molecule has 0 aliphatic rings. The molecule has 30 heavy (non-hydrogen) atoms. The zero-order valence-corrected chi connectivity index (χ0v) is 18.5. The summed E-state index contributed by atoms with van der Waals surface area (Å²) in [7, 11) is 0. The van der Waals surface area contributed by atoms with Crippen LogP contribution in [0, 0.1) is 9.39 Å². The van der Waals surface area contributed by atoms with Crippen LogP contribution < -0.4 is 10.6 Å². The van der Waals surface area contributed by atoms with Gasteiger partial charge in [0, 0.05) is 22.6 Å². The molecule has 0 unspecified atom stereocenters. The molecule has 1 aromatic rings. The van der Waals surface area contributed by atoms with Crippen LogP contribution in [0.4, 0.5) is 9.18 Å². The van der Waals surface area contributed by atoms with Crippen molar-refractivity contribution in [2.75, 3.05) is 6.54 Å². The van der Waals surface area contributed by atoms with E-state index < -0.39 is 41.9 Å². The molecule has 9 nitrogen and oxygen atoms in total. The zero-order chi connectivity index (χ0) is 22.7. The van der Waals surface area contributed by atoms with Crippen molar-refractivity contribution in [1.29, 1.82) is 0 Å². The third-order valence-corrected chi connectivity index (χ3v) is 4.71. The minimum Gasteiger partial charge on any atom is -0.481 e. The molecule has 0 aliphatic carbocycles. The summed E-state index contributed by atoms with van der Waals surface area (Å²) in [6.45, 7) is 1.79. The number of halogens is 2. The molecule has 2 atom stereocenters. The van der Waals surface area contributed by atoms with Gasteiger partial charge in [-0.3, -0.25) is 9.59 Å². The smallest absolute Gasteiger partial charge is 0.408 e. The molecule has 11 heteroatoms. The van der Waals surface area contributed by atoms with E-state index in [2.05, 4.69) is 10.6 Å². The minimum atomic E-state index is -1.37. The molecule has 2 amide bonds. The van der Waals surface area contributed by atoms with Crippen molar-refractivity contribution in [3.8, 4) is 0 Å². The SMILES string of the molecule is C[C@H](CCC(=O)O)NC(=O)O[C@@H](CCCCNC(=O)c1ccc(I)cc1F)C(=O)O. The lowest BCUT2D eigenvalue weighted by Crippen LogP contribution is -2.38. The summed E-state index contributed by atoms with van der Waals surface area (Å²) in [6.07, 6.45) is -1.50. The van der Waals surface area contributed by atoms with E-state index in [-0.39, 0.29) is 31.4 Å². The third kappa shape index (κ3) is 9.85. The van der Waals surface area contributed by atoms with Crippen LogP contribution in [0.2, 0.25) is 0 Å². The summed E-state index contributed by atoms with van der Waals surface area (Å²) in [5.74, 6) is -3.50. The van der Waals surface area contributed by atoms with Crippen molar-refractivity contribution in [1.82, 2.24) is 10.6 Å². The molecule has 0 aliphatic heterocycles. The zero-order valence-electron chi connectivity index (χ0n) is 16.3. The van der Waals surface area contributed by atoms with Crippen LogP contribution in [0.25, 0.3) is 0 Å². The van der Waals surface area contributed by atoms with E-state index >= 15 is 0 Å². The molecular formula is C19H24FIN2O7. The number of hydrogen-bond donors (Lipinski definition) is 4. The van der Waals surface area contributed by atoms with E-state index in [9.17, 15) is 28.7 Å². The second kappa shape index (κ2) is 13.0. The van der Waals surface area contributed by atoms with Gasteiger partial charge in [0.25, 0.3) is 5.91 Å². The molecule has 0 spiro atoms. The highest BCUT2D eigenvalue weighted by atomic mass is 127. The second-order valence-corrected chi connectivity index (χ2v) is 7.83. The van der Waals surface area contributed by atoms with Gasteiger partial charge in [0.05, 0.1) is 5.56 Å². The fourth-order valence-corrected chi connectivity index (χ4v) is 2.89. The van der Waals surface area contributed by atoms with Crippen LogP contribution in [0.1, 0.15) is 49.4 Å². The second-order valence-electron chi connectivity index (χ2n) is 6.59. The molecule has 0 fully saturated rings. The molecule has 0 radical (unpaired) electrons. The summed E-state index contributed by atoms with van der Waals surface area (Å²) in [6, 6.07) is 3.76. The first-order valence-corrected chi connectivity index (χ1v) is 10.3. The molecule has 0 saturated carbocycles. The van der Waals surface area contributed by atoms with Crippen molar-refractivity contribution in [3.63, 3.8) is 0 Å². The van der Waals surface area contributed by atoms with Crippen LogP contribution in [0.5, 0.6) is 0 Å². The Morgan fingerprint density at radius 2 is 1.87 bits per heavy atom. The highest BCUT2D eigenvalue weighted by Gasteiger charge is 2.22. The van der Waals surface area contributed by atoms with E-state index in [1.165, 1.54) is 12.1 Å². The molecule has 1 rings (SSSR count). The Labute approximate surface area is 186 Å². The Morgan fingerprint density at radius 3 is 2.47 bits per heavy atom. The lowest BCUT2D eigenvalue weighted by Gasteiger charge is -2.17. The van der Waals surface area contributed by atoms with Crippen molar-refractivity contribution in [3.05, 3.63) is 33.1 Å². The quantitative estimate of drug-likeness (QED) is 0.237. The van der Waals surface area contributed by atoms with Gasteiger partial charge < -0.3 is 25.6 Å². The maximum Gasteiger partial charge on any atom is 0.408 e. The van der Waals surface area contributed by atoms with Crippen molar-refractivity contribution in [2.24, 2.45) is 0 Å². The van der Waals surface area contributed by atoms with Gasteiger partial charge in [-0.2, -0.15) is 0 Å². The lowest BCUT2D eigenvalue weighted by atomic mass is 10.1. The average Bonchev–Trinajstić information content (AvgIpc) is 2.64. The predicted octanol–water partition coefficient (Wildman–Crippen LogP) is 2.76. The number of rotatable bonds is 12. The Balaban J connectivity index is 2.35. The van der Waals surface area contributed by atoms with Crippen molar-refractivity contribution in [2.45, 2.75) is 51.2 Å². The molecule has 1 aromatic carbocycles. The van der Waals surface area contributed by atoms with Crippen molar-refractivity contribution < 1.29 is 38.5 Å². The van der Waals surface area contributed by atoms with Gasteiger partial charge in [-0.1, -0.05) is 0 Å². The molecular weight excluding hydrogens is 514 g/mol. The monoisotopic (exact) mass is 538 g/mol. The Morgan fingerprint density at radius 1 is 1.17 bits per heavy atom. The highest BCUT2D eigenvalue weighted by Crippen LogP contribution is 2.12. The number of alkyl carbamates (subject to hydrolysis) is 1. The third-order valence-electron chi connectivity index (χ3n) is 4.03. The van der Waals surface area contributed by atoms with E-state index in [1.54, 1.807) is 13.0 Å². The van der Waals surface area contributed by atoms with Crippen LogP contribution in [-0.2, 0) is 14.3 Å². The standard InChI is InChI=1S/C19H24FIN2O7/c1-11(5-8-16(24)25)23-19(29)30-15(18(27)28)4-2-3-9-22-17(26)13-7-6-12(21)10-14(13)20/h6-7,10-11,15H,2-5,8-9H2,1H3,(H,22,26)(H,23,29)(H,24,25)(H,27,28)/t11-,15+/m1/s1. The fraction of sp³-hybridized carbons (Fsp3) is 0.474. The number of carbonyl (C=O) groups is 4. The Kier molecular flexibility index (Phi) is 11.1. The fourth-order valence-electron chi connectivity index (χ4n) is 2.43. The van der Waals surface area contributed by atoms with Gasteiger partial charge in [-0.15, -0.1) is 0 Å². The molecule has 0 bridgehead atoms. The van der Waals surface area contributed by atoms with Gasteiger partial charge >= 0.3 is 18.0 Å². The topological polar surface area (TPSA) is 142 Å². The van der Waals surface area contributed by atoms with Gasteiger partial charge in [-0.25, -0.2) is 14.0 Å². The molecule has 0 aromatic heterocycles. The average molecular weight is 538 g/mol. The molecule has 0 saturated heterocycles. The number of carboxylic acid groups (broad SMARTS) is 2. The summed E-state index contributed by atoms with van der Waals surface area (Å²) < 4.78 is 19.3. The van der Waals surface area contributed by atoms with Crippen LogP contribution in [0.3, 0.4) is 0 Å². The number of hydrogen-bond acceptors (Lipinski definition) is 5. The number of carbonyl (C=O) groups excluding carboxylic acids is 2. The minimum absolute atomic E-state index is 0.0278. The van der Waals surface area contributed by atoms with Crippen LogP contribution in [0.15, 0.2) is 18.2 Å². The first-order valence-electron chi connectivity index (χ1n) is 9.25. The van der Waals surface area contributed by atoms with Gasteiger partial charge in [-0.05, 0) is 73.4 Å². The molecule has 0 heterocycles. The number of nitrogens with one attached hydrogen (secondary N) is 2. The van der Waals surface area contributed by atoms with E-state index in [4.69, 9.17) is 9.84 Å². The summed E-state index contributed by atoms with van der Waals surface area (Å²) in [5, 5.41) is 22.7. The van der Waals surface area contributed by atoms with E-state index in [1.807, 2.05) is 22.6 Å². The Bertz CT molecular complexity index is 775. The summed E-state index contributed by atoms with van der Waals surface area (Å²) in [4.78, 5) is 45.5. The van der Waals surface area contributed by atoms with Crippen molar-refractivity contribution >= 4 is 46.5 Å².